The van der Waals surface area contributed by atoms with Crippen molar-refractivity contribution in [2.45, 2.75) is 25.0 Å². The molecule has 2 nitrogen and oxygen atoms in total. The second-order valence-electron chi connectivity index (χ2n) is 4.41. The molecule has 0 amide bonds. The monoisotopic (exact) mass is 514 g/mol. The second kappa shape index (κ2) is 13.2. The Morgan fingerprint density at radius 2 is 1.77 bits per heavy atom. The Kier molecular flexibility index (Phi) is 13.1. The number of nitrogens with zero attached hydrogens (tertiary/aromatic N) is 2. The van der Waals surface area contributed by atoms with E-state index >= 15 is 0 Å². The van der Waals surface area contributed by atoms with Crippen molar-refractivity contribution in [2.75, 3.05) is 13.1 Å². The second-order valence-corrected chi connectivity index (χ2v) is 5.61. The Balaban J connectivity index is 0.000000432. The maximum absolute atomic E-state index is 4.84. The van der Waals surface area contributed by atoms with Crippen LogP contribution in [0.15, 0.2) is 48.7 Å². The Morgan fingerprint density at radius 3 is 2.18 bits per heavy atom. The molecule has 0 fully saturated rings. The van der Waals surface area contributed by atoms with Crippen molar-refractivity contribution in [1.29, 1.82) is 0 Å². The molecule has 0 bridgehead atoms. The van der Waals surface area contributed by atoms with Gasteiger partial charge in [-0.05, 0) is 31.6 Å². The molecule has 2 aromatic rings. The average molecular weight is 514 g/mol. The fraction of sp³-hybridized carbons (Fsp3) is 0.353. The van der Waals surface area contributed by atoms with Crippen LogP contribution in [0, 0.1) is 6.07 Å². The largest absolute Gasteiger partial charge is 3.00 e. The van der Waals surface area contributed by atoms with E-state index in [0.29, 0.717) is 0 Å². The molecule has 122 valence electrons. The predicted octanol–water partition coefficient (Wildman–Crippen LogP) is 3.18. The molecule has 0 aliphatic rings. The molecule has 1 aromatic carbocycles. The summed E-state index contributed by atoms with van der Waals surface area (Å²) in [5, 5.41) is 0. The van der Waals surface area contributed by atoms with E-state index < -0.39 is 0 Å². The summed E-state index contributed by atoms with van der Waals surface area (Å²) in [6.45, 7) is 6.06. The van der Waals surface area contributed by atoms with Crippen LogP contribution in [0.1, 0.15) is 25.1 Å². The Morgan fingerprint density at radius 1 is 1.09 bits per heavy atom. The third-order valence-electron chi connectivity index (χ3n) is 2.98. The first-order valence-corrected chi connectivity index (χ1v) is 8.02. The number of hydrogen-bond donors (Lipinski definition) is 0. The van der Waals surface area contributed by atoms with Gasteiger partial charge in [-0.1, -0.05) is 19.9 Å². The molecule has 0 atom stereocenters. The number of hydrogen-bond acceptors (Lipinski definition) is 4. The molecule has 0 aliphatic heterocycles. The van der Waals surface area contributed by atoms with Crippen LogP contribution >= 0.6 is 0 Å². The van der Waals surface area contributed by atoms with Gasteiger partial charge in [-0.3, -0.25) is 4.98 Å². The van der Waals surface area contributed by atoms with Crippen LogP contribution in [-0.4, -0.2) is 27.7 Å². The van der Waals surface area contributed by atoms with Gasteiger partial charge in [0, 0.05) is 11.9 Å². The summed E-state index contributed by atoms with van der Waals surface area (Å²) in [7, 11) is 0. The van der Waals surface area contributed by atoms with E-state index in [0.717, 1.165) is 25.2 Å². The first-order chi connectivity index (χ1) is 10.2. The van der Waals surface area contributed by atoms with Crippen LogP contribution in [-0.2, 0) is 54.1 Å². The minimum Gasteiger partial charge on any atom is -0.800 e. The minimum atomic E-state index is -0.120. The van der Waals surface area contributed by atoms with Crippen LogP contribution in [0.3, 0.4) is 0 Å². The van der Waals surface area contributed by atoms with E-state index in [-0.39, 0.29) is 27.1 Å². The van der Waals surface area contributed by atoms with Gasteiger partial charge in [0.05, 0.1) is 0 Å². The van der Waals surface area contributed by atoms with E-state index in [1.807, 2.05) is 47.5 Å². The van der Waals surface area contributed by atoms with Gasteiger partial charge in [-0.15, -0.1) is 0 Å². The zero-order valence-corrected chi connectivity index (χ0v) is 16.6. The molecule has 2 rings (SSSR count). The first kappa shape index (κ1) is 21.8. The van der Waals surface area contributed by atoms with Crippen LogP contribution in [0.5, 0.6) is 0 Å². The van der Waals surface area contributed by atoms with Gasteiger partial charge in [-0.2, -0.15) is 35.9 Å². The van der Waals surface area contributed by atoms with E-state index in [1.165, 1.54) is 5.56 Å². The van der Waals surface area contributed by atoms with Gasteiger partial charge in [0.2, 0.25) is 0 Å². The van der Waals surface area contributed by atoms with Crippen molar-refractivity contribution < 1.29 is 22.4 Å². The maximum atomic E-state index is 4.84. The number of benzene rings is 1. The molecule has 0 N–H and O–H groups in total. The van der Waals surface area contributed by atoms with Crippen LogP contribution in [0.25, 0.3) is 0 Å². The van der Waals surface area contributed by atoms with Gasteiger partial charge >= 0.3 is 22.4 Å². The Hall–Kier alpha value is -0.230. The molecule has 22 heavy (non-hydrogen) atoms. The molecule has 1 heterocycles. The summed E-state index contributed by atoms with van der Waals surface area (Å²) in [5.74, 6) is 0. The molecular formula is C17H21AuN2S2. The number of rotatable bonds is 5. The molecule has 5 heteroatoms. The summed E-state index contributed by atoms with van der Waals surface area (Å²) in [6, 6.07) is 17.1. The standard InChI is InChI=1S/C12H10N.C5H13NS2.Au/c1-2-6-11(7-3-1)10-12-8-4-5-9-13-12;1-3-6(4-2)5(7)8;/h1-6,8-9H,10H2;5,7-8H,3-4H2,1-2H3;/q-1;;+3/p-2. The summed E-state index contributed by atoms with van der Waals surface area (Å²) in [6.07, 6.45) is 2.68. The first-order valence-electron chi connectivity index (χ1n) is 7.08. The number of aromatic nitrogens is 1. The van der Waals surface area contributed by atoms with Crippen molar-refractivity contribution >= 4 is 25.3 Å². The fourth-order valence-corrected chi connectivity index (χ4v) is 2.36. The molecule has 1 aromatic heterocycles. The van der Waals surface area contributed by atoms with Crippen LogP contribution in [0.2, 0.25) is 0 Å². The van der Waals surface area contributed by atoms with E-state index in [1.54, 1.807) is 0 Å². The van der Waals surface area contributed by atoms with Crippen molar-refractivity contribution in [3.8, 4) is 0 Å². The Labute approximate surface area is 161 Å². The quantitative estimate of drug-likeness (QED) is 0.346. The zero-order chi connectivity index (χ0) is 15.5. The minimum absolute atomic E-state index is 0. The summed E-state index contributed by atoms with van der Waals surface area (Å²) in [5.41, 5.74) is 2.27. The van der Waals surface area contributed by atoms with E-state index in [4.69, 9.17) is 25.3 Å². The molecule has 0 radical (unpaired) electrons. The summed E-state index contributed by atoms with van der Waals surface area (Å²) < 4.78 is -0.120. The van der Waals surface area contributed by atoms with Crippen molar-refractivity contribution in [3.05, 3.63) is 66.0 Å². The van der Waals surface area contributed by atoms with Gasteiger partial charge < -0.3 is 30.2 Å². The SMILES string of the molecule is CCN(CC)C([S-])[S-].[Au+3].[c-]1ccccc1Cc1ccccn1. The smallest absolute Gasteiger partial charge is 0.800 e. The normalized spacial score (nSPS) is 9.91. The molecule has 0 aliphatic carbocycles. The molecular weight excluding hydrogens is 493 g/mol. The third-order valence-corrected chi connectivity index (χ3v) is 3.58. The molecule has 0 spiro atoms. The van der Waals surface area contributed by atoms with Crippen LogP contribution in [0.4, 0.5) is 0 Å². The van der Waals surface area contributed by atoms with Gasteiger partial charge in [0.15, 0.2) is 0 Å². The van der Waals surface area contributed by atoms with Crippen molar-refractivity contribution in [3.63, 3.8) is 0 Å². The predicted molar refractivity (Wildman–Crippen MR) is 93.8 cm³/mol. The molecule has 0 saturated carbocycles. The summed E-state index contributed by atoms with van der Waals surface area (Å²) in [4.78, 5) is 6.30. The number of pyridine rings is 1. The molecule has 0 saturated heterocycles. The third kappa shape index (κ3) is 9.03. The van der Waals surface area contributed by atoms with Gasteiger partial charge in [0.1, 0.15) is 0 Å². The Bertz CT molecular complexity index is 439. The van der Waals surface area contributed by atoms with Crippen molar-refractivity contribution in [1.82, 2.24) is 9.88 Å². The van der Waals surface area contributed by atoms with Gasteiger partial charge in [0.25, 0.3) is 0 Å². The average Bonchev–Trinajstić information content (AvgIpc) is 2.51. The zero-order valence-electron chi connectivity index (χ0n) is 12.8. The van der Waals surface area contributed by atoms with Crippen molar-refractivity contribution in [2.24, 2.45) is 0 Å². The van der Waals surface area contributed by atoms with E-state index in [9.17, 15) is 0 Å². The molecule has 0 unspecified atom stereocenters. The van der Waals surface area contributed by atoms with E-state index in [2.05, 4.69) is 31.0 Å². The fourth-order valence-electron chi connectivity index (χ4n) is 1.76. The summed E-state index contributed by atoms with van der Waals surface area (Å²) >= 11 is 9.68. The van der Waals surface area contributed by atoms with Crippen LogP contribution < -0.4 is 0 Å². The topological polar surface area (TPSA) is 16.1 Å². The maximum Gasteiger partial charge on any atom is 3.00 e. The van der Waals surface area contributed by atoms with Gasteiger partial charge in [-0.25, -0.2) is 4.71 Å².